The van der Waals surface area contributed by atoms with E-state index in [1.807, 2.05) is 13.0 Å². The highest BCUT2D eigenvalue weighted by molar-refractivity contribution is 7.99. The topological polar surface area (TPSA) is 47.0 Å². The Morgan fingerprint density at radius 2 is 2.41 bits per heavy atom. The summed E-state index contributed by atoms with van der Waals surface area (Å²) < 4.78 is 5.27. The van der Waals surface area contributed by atoms with Crippen molar-refractivity contribution in [1.82, 2.24) is 15.3 Å². The highest BCUT2D eigenvalue weighted by atomic mass is 32.2. The zero-order valence-corrected chi connectivity index (χ0v) is 11.4. The largest absolute Gasteiger partial charge is 0.382 e. The molecule has 1 atom stereocenters. The van der Waals surface area contributed by atoms with Gasteiger partial charge in [0.05, 0.1) is 5.03 Å². The molecule has 1 heterocycles. The second-order valence-corrected chi connectivity index (χ2v) is 5.19. The van der Waals surface area contributed by atoms with Crippen molar-refractivity contribution < 1.29 is 4.74 Å². The number of nitrogens with zero attached hydrogens (tertiary/aromatic N) is 2. The smallest absolute Gasteiger partial charge is 0.116 e. The standard InChI is InChI=1S/C12H21N3OS/c1-3-16-8-4-6-13-9-11(2)17-12-5-7-14-10-15-12/h5,7,10-11,13H,3-4,6,8-9H2,1-2H3. The van der Waals surface area contributed by atoms with Crippen molar-refractivity contribution in [2.75, 3.05) is 26.3 Å². The van der Waals surface area contributed by atoms with E-state index in [0.29, 0.717) is 5.25 Å². The lowest BCUT2D eigenvalue weighted by molar-refractivity contribution is 0.145. The van der Waals surface area contributed by atoms with E-state index in [0.717, 1.165) is 37.8 Å². The molecule has 0 fully saturated rings. The van der Waals surface area contributed by atoms with Gasteiger partial charge >= 0.3 is 0 Å². The van der Waals surface area contributed by atoms with Gasteiger partial charge in [-0.2, -0.15) is 0 Å². The first-order chi connectivity index (χ1) is 8.33. The second-order valence-electron chi connectivity index (χ2n) is 3.73. The summed E-state index contributed by atoms with van der Waals surface area (Å²) in [6.07, 6.45) is 4.43. The Hall–Kier alpha value is -0.650. The van der Waals surface area contributed by atoms with Crippen LogP contribution in [-0.2, 0) is 4.74 Å². The Balaban J connectivity index is 2.03. The third kappa shape index (κ3) is 7.31. The Morgan fingerprint density at radius 1 is 1.53 bits per heavy atom. The Labute approximate surface area is 108 Å². The SMILES string of the molecule is CCOCCCNCC(C)Sc1ccncn1. The Morgan fingerprint density at radius 3 is 3.12 bits per heavy atom. The minimum absolute atomic E-state index is 0.511. The predicted octanol–water partition coefficient (Wildman–Crippen LogP) is 1.97. The van der Waals surface area contributed by atoms with E-state index in [1.54, 1.807) is 24.3 Å². The fourth-order valence-corrected chi connectivity index (χ4v) is 2.21. The van der Waals surface area contributed by atoms with E-state index in [-0.39, 0.29) is 0 Å². The summed E-state index contributed by atoms with van der Waals surface area (Å²) in [5, 5.41) is 4.96. The number of ether oxygens (including phenoxy) is 1. The molecular weight excluding hydrogens is 234 g/mol. The highest BCUT2D eigenvalue weighted by Gasteiger charge is 2.04. The summed E-state index contributed by atoms with van der Waals surface area (Å²) in [5.41, 5.74) is 0. The van der Waals surface area contributed by atoms with Gasteiger partial charge in [0.2, 0.25) is 0 Å². The van der Waals surface area contributed by atoms with Crippen molar-refractivity contribution in [1.29, 1.82) is 0 Å². The summed E-state index contributed by atoms with van der Waals surface area (Å²) in [5.74, 6) is 0. The van der Waals surface area contributed by atoms with Crippen molar-refractivity contribution in [2.24, 2.45) is 0 Å². The van der Waals surface area contributed by atoms with E-state index < -0.39 is 0 Å². The van der Waals surface area contributed by atoms with Crippen LogP contribution in [0.25, 0.3) is 0 Å². The first kappa shape index (κ1) is 14.4. The second kappa shape index (κ2) is 9.39. The van der Waals surface area contributed by atoms with Gasteiger partial charge in [-0.25, -0.2) is 9.97 Å². The van der Waals surface area contributed by atoms with Gasteiger partial charge in [-0.1, -0.05) is 6.92 Å². The number of rotatable bonds is 9. The average Bonchev–Trinajstić information content (AvgIpc) is 2.35. The van der Waals surface area contributed by atoms with Crippen molar-refractivity contribution in [2.45, 2.75) is 30.5 Å². The van der Waals surface area contributed by atoms with Crippen LogP contribution in [0, 0.1) is 0 Å². The Kier molecular flexibility index (Phi) is 7.96. The summed E-state index contributed by atoms with van der Waals surface area (Å²) in [6.45, 7) is 7.86. The fourth-order valence-electron chi connectivity index (χ4n) is 1.34. The molecule has 0 aliphatic rings. The van der Waals surface area contributed by atoms with Gasteiger partial charge in [-0.05, 0) is 26.0 Å². The number of hydrogen-bond donors (Lipinski definition) is 1. The number of aromatic nitrogens is 2. The zero-order valence-electron chi connectivity index (χ0n) is 10.6. The van der Waals surface area contributed by atoms with Gasteiger partial charge in [-0.15, -0.1) is 11.8 Å². The van der Waals surface area contributed by atoms with E-state index in [4.69, 9.17) is 4.74 Å². The summed E-state index contributed by atoms with van der Waals surface area (Å²) >= 11 is 1.77. The molecule has 0 spiro atoms. The fraction of sp³-hybridized carbons (Fsp3) is 0.667. The van der Waals surface area contributed by atoms with Crippen molar-refractivity contribution in [3.05, 3.63) is 18.6 Å². The minimum Gasteiger partial charge on any atom is -0.382 e. The molecule has 17 heavy (non-hydrogen) atoms. The maximum Gasteiger partial charge on any atom is 0.116 e. The van der Waals surface area contributed by atoms with Crippen LogP contribution in [0.5, 0.6) is 0 Å². The molecule has 5 heteroatoms. The summed E-state index contributed by atoms with van der Waals surface area (Å²) in [7, 11) is 0. The summed E-state index contributed by atoms with van der Waals surface area (Å²) in [4.78, 5) is 8.09. The predicted molar refractivity (Wildman–Crippen MR) is 71.3 cm³/mol. The van der Waals surface area contributed by atoms with Crippen LogP contribution in [0.3, 0.4) is 0 Å². The molecule has 0 aliphatic carbocycles. The van der Waals surface area contributed by atoms with Gasteiger partial charge in [-0.3, -0.25) is 0 Å². The summed E-state index contributed by atoms with van der Waals surface area (Å²) in [6, 6.07) is 1.94. The molecule has 0 aliphatic heterocycles. The van der Waals surface area contributed by atoms with Crippen LogP contribution in [0.2, 0.25) is 0 Å². The number of hydrogen-bond acceptors (Lipinski definition) is 5. The van der Waals surface area contributed by atoms with Crippen LogP contribution in [0.4, 0.5) is 0 Å². The first-order valence-electron chi connectivity index (χ1n) is 6.04. The van der Waals surface area contributed by atoms with Gasteiger partial charge in [0, 0.05) is 31.2 Å². The molecule has 0 radical (unpaired) electrons. The van der Waals surface area contributed by atoms with E-state index in [9.17, 15) is 0 Å². The molecule has 1 aromatic rings. The molecule has 1 aromatic heterocycles. The third-order valence-electron chi connectivity index (χ3n) is 2.15. The van der Waals surface area contributed by atoms with Crippen LogP contribution >= 0.6 is 11.8 Å². The molecule has 4 nitrogen and oxygen atoms in total. The number of thioether (sulfide) groups is 1. The lowest BCUT2D eigenvalue weighted by Crippen LogP contribution is -2.24. The molecule has 0 saturated carbocycles. The van der Waals surface area contributed by atoms with Crippen LogP contribution < -0.4 is 5.32 Å². The molecule has 1 unspecified atom stereocenters. The van der Waals surface area contributed by atoms with Crippen LogP contribution in [0.1, 0.15) is 20.3 Å². The molecule has 96 valence electrons. The zero-order chi connectivity index (χ0) is 12.3. The van der Waals surface area contributed by atoms with Gasteiger partial charge in [0.25, 0.3) is 0 Å². The van der Waals surface area contributed by atoms with Crippen LogP contribution in [-0.4, -0.2) is 41.5 Å². The molecule has 0 amide bonds. The first-order valence-corrected chi connectivity index (χ1v) is 6.92. The molecule has 1 rings (SSSR count). The van der Waals surface area contributed by atoms with Gasteiger partial charge in [0.1, 0.15) is 6.33 Å². The molecular formula is C12H21N3OS. The molecule has 0 aromatic carbocycles. The van der Waals surface area contributed by atoms with Crippen LogP contribution in [0.15, 0.2) is 23.6 Å². The maximum atomic E-state index is 5.27. The van der Waals surface area contributed by atoms with E-state index in [2.05, 4.69) is 22.2 Å². The minimum atomic E-state index is 0.511. The maximum absolute atomic E-state index is 5.27. The molecule has 1 N–H and O–H groups in total. The van der Waals surface area contributed by atoms with Crippen molar-refractivity contribution in [3.63, 3.8) is 0 Å². The Bertz CT molecular complexity index is 284. The van der Waals surface area contributed by atoms with Gasteiger partial charge < -0.3 is 10.1 Å². The molecule has 0 bridgehead atoms. The van der Waals surface area contributed by atoms with E-state index in [1.165, 1.54) is 0 Å². The lowest BCUT2D eigenvalue weighted by Gasteiger charge is -2.11. The van der Waals surface area contributed by atoms with E-state index >= 15 is 0 Å². The average molecular weight is 255 g/mol. The third-order valence-corrected chi connectivity index (χ3v) is 3.21. The molecule has 0 saturated heterocycles. The van der Waals surface area contributed by atoms with Gasteiger partial charge in [0.15, 0.2) is 0 Å². The number of nitrogens with one attached hydrogen (secondary N) is 1. The quantitative estimate of drug-likeness (QED) is 0.415. The monoisotopic (exact) mass is 255 g/mol. The lowest BCUT2D eigenvalue weighted by atomic mass is 10.4. The van der Waals surface area contributed by atoms with Crippen molar-refractivity contribution in [3.8, 4) is 0 Å². The normalized spacial score (nSPS) is 12.6. The van der Waals surface area contributed by atoms with Crippen molar-refractivity contribution >= 4 is 11.8 Å². The highest BCUT2D eigenvalue weighted by Crippen LogP contribution is 2.18.